The number of amides is 2. The van der Waals surface area contributed by atoms with E-state index >= 15 is 0 Å². The smallest absolute Gasteiger partial charge is 0.271 e. The van der Waals surface area contributed by atoms with E-state index in [1.54, 1.807) is 40.3 Å². The highest BCUT2D eigenvalue weighted by Gasteiger charge is 2.24. The quantitative estimate of drug-likeness (QED) is 0.362. The Hall–Kier alpha value is -3.51. The molecule has 1 aliphatic heterocycles. The highest BCUT2D eigenvalue weighted by Crippen LogP contribution is 2.31. The number of aromatic nitrogens is 4. The summed E-state index contributed by atoms with van der Waals surface area (Å²) in [6.45, 7) is 0.627. The minimum absolute atomic E-state index is 0.165. The van der Waals surface area contributed by atoms with E-state index in [2.05, 4.69) is 25.8 Å². The van der Waals surface area contributed by atoms with Crippen molar-refractivity contribution < 1.29 is 18.4 Å². The van der Waals surface area contributed by atoms with Gasteiger partial charge in [0.15, 0.2) is 10.9 Å². The van der Waals surface area contributed by atoms with Gasteiger partial charge in [0.1, 0.15) is 22.6 Å². The van der Waals surface area contributed by atoms with E-state index < -0.39 is 11.9 Å². The molecular weight excluding hydrogens is 491 g/mol. The average molecular weight is 513 g/mol. The number of benzene rings is 1. The molecule has 1 fully saturated rings. The molecule has 2 N–H and O–H groups in total. The fraction of sp³-hybridized carbons (Fsp3) is 0.261. The number of halogens is 1. The Morgan fingerprint density at radius 3 is 2.97 bits per heavy atom. The summed E-state index contributed by atoms with van der Waals surface area (Å²) < 4.78 is 21.7. The molecule has 1 aromatic carbocycles. The molecule has 180 valence electrons. The molecule has 1 aliphatic rings. The van der Waals surface area contributed by atoms with Crippen molar-refractivity contribution in [2.24, 2.45) is 0 Å². The van der Waals surface area contributed by atoms with Gasteiger partial charge in [0.25, 0.3) is 5.91 Å². The second kappa shape index (κ2) is 10.4. The van der Waals surface area contributed by atoms with Crippen LogP contribution in [-0.4, -0.2) is 44.1 Å². The zero-order chi connectivity index (χ0) is 24.2. The van der Waals surface area contributed by atoms with Gasteiger partial charge in [-0.3, -0.25) is 14.2 Å². The molecule has 9 nitrogen and oxygen atoms in total. The molecule has 12 heteroatoms. The molecule has 0 saturated carbocycles. The van der Waals surface area contributed by atoms with E-state index in [4.69, 9.17) is 4.42 Å². The summed E-state index contributed by atoms with van der Waals surface area (Å²) in [6.07, 6.45) is 3.89. The van der Waals surface area contributed by atoms with Crippen LogP contribution in [0.2, 0.25) is 0 Å². The number of para-hydroxylation sites is 1. The minimum atomic E-state index is -0.552. The van der Waals surface area contributed by atoms with Gasteiger partial charge in [-0.1, -0.05) is 23.9 Å². The number of carbonyl (C=O) groups excluding carboxylic acids is 2. The maximum absolute atomic E-state index is 14.7. The molecule has 1 unspecified atom stereocenters. The largest absolute Gasteiger partial charge is 0.461 e. The Morgan fingerprint density at radius 2 is 2.14 bits per heavy atom. The van der Waals surface area contributed by atoms with E-state index in [9.17, 15) is 14.0 Å². The van der Waals surface area contributed by atoms with E-state index in [1.165, 1.54) is 35.4 Å². The third kappa shape index (κ3) is 5.13. The van der Waals surface area contributed by atoms with Crippen LogP contribution >= 0.6 is 23.1 Å². The second-order valence-electron chi connectivity index (χ2n) is 7.80. The van der Waals surface area contributed by atoms with Gasteiger partial charge in [0.05, 0.1) is 17.7 Å². The van der Waals surface area contributed by atoms with Crippen LogP contribution in [-0.2, 0) is 10.5 Å². The highest BCUT2D eigenvalue weighted by molar-refractivity contribution is 7.98. The molecule has 0 radical (unpaired) electrons. The van der Waals surface area contributed by atoms with Gasteiger partial charge >= 0.3 is 0 Å². The van der Waals surface area contributed by atoms with E-state index in [0.29, 0.717) is 46.2 Å². The number of thioether (sulfide) groups is 1. The summed E-state index contributed by atoms with van der Waals surface area (Å²) in [6, 6.07) is 9.27. The van der Waals surface area contributed by atoms with Crippen molar-refractivity contribution in [3.63, 3.8) is 0 Å². The third-order valence-corrected chi connectivity index (χ3v) is 7.39. The summed E-state index contributed by atoms with van der Waals surface area (Å²) in [5.41, 5.74) is 0.557. The normalized spacial score (nSPS) is 16.0. The first-order valence-electron chi connectivity index (χ1n) is 11.0. The van der Waals surface area contributed by atoms with Gasteiger partial charge in [-0.15, -0.1) is 21.5 Å². The van der Waals surface area contributed by atoms with Crippen molar-refractivity contribution in [1.29, 1.82) is 0 Å². The first kappa shape index (κ1) is 23.2. The van der Waals surface area contributed by atoms with Crippen molar-refractivity contribution >= 4 is 34.9 Å². The fourth-order valence-electron chi connectivity index (χ4n) is 3.70. The van der Waals surface area contributed by atoms with E-state index in [-0.39, 0.29) is 17.5 Å². The number of carbonyl (C=O) groups is 2. The van der Waals surface area contributed by atoms with Gasteiger partial charge in [-0.05, 0) is 43.5 Å². The number of hydrogen-bond donors (Lipinski definition) is 2. The lowest BCUT2D eigenvalue weighted by molar-refractivity contribution is -0.122. The van der Waals surface area contributed by atoms with Crippen LogP contribution in [0.15, 0.2) is 57.6 Å². The zero-order valence-electron chi connectivity index (χ0n) is 18.4. The number of nitrogens with one attached hydrogen (secondary N) is 2. The van der Waals surface area contributed by atoms with E-state index in [0.717, 1.165) is 12.8 Å². The van der Waals surface area contributed by atoms with Crippen molar-refractivity contribution in [3.8, 4) is 17.3 Å². The first-order chi connectivity index (χ1) is 17.1. The Bertz CT molecular complexity index is 1340. The zero-order valence-corrected chi connectivity index (χ0v) is 20.1. The van der Waals surface area contributed by atoms with Crippen molar-refractivity contribution in [2.45, 2.75) is 36.2 Å². The van der Waals surface area contributed by atoms with Crippen molar-refractivity contribution in [1.82, 2.24) is 30.4 Å². The van der Waals surface area contributed by atoms with Crippen molar-refractivity contribution in [3.05, 3.63) is 64.6 Å². The summed E-state index contributed by atoms with van der Waals surface area (Å²) in [5.74, 6) is 0.271. The summed E-state index contributed by atoms with van der Waals surface area (Å²) in [4.78, 5) is 29.2. The lowest BCUT2D eigenvalue weighted by Crippen LogP contribution is -2.45. The molecule has 4 heterocycles. The number of thiazole rings is 1. The van der Waals surface area contributed by atoms with Crippen LogP contribution in [0.25, 0.3) is 17.3 Å². The maximum Gasteiger partial charge on any atom is 0.271 e. The molecule has 2 amide bonds. The molecule has 5 rings (SSSR count). The van der Waals surface area contributed by atoms with Crippen LogP contribution < -0.4 is 10.6 Å². The second-order valence-corrected chi connectivity index (χ2v) is 9.68. The molecule has 35 heavy (non-hydrogen) atoms. The summed E-state index contributed by atoms with van der Waals surface area (Å²) >= 11 is 2.65. The molecule has 1 atom stereocenters. The molecule has 0 bridgehead atoms. The maximum atomic E-state index is 14.7. The SMILES string of the molecule is O=C(NC1CCCCNC1=O)c1csc(CSc2nnc(-c3ccco3)n2-c2ccccc2F)n1. The monoisotopic (exact) mass is 512 g/mol. The first-order valence-corrected chi connectivity index (χ1v) is 12.9. The van der Waals surface area contributed by atoms with Crippen molar-refractivity contribution in [2.75, 3.05) is 6.54 Å². The highest BCUT2D eigenvalue weighted by atomic mass is 32.2. The summed E-state index contributed by atoms with van der Waals surface area (Å²) in [5, 5.41) is 16.8. The molecule has 0 aliphatic carbocycles. The predicted octanol–water partition coefficient (Wildman–Crippen LogP) is 3.81. The molecular formula is C23H21FN6O3S2. The van der Waals surface area contributed by atoms with E-state index in [1.807, 2.05) is 0 Å². The number of rotatable bonds is 7. The van der Waals surface area contributed by atoms with Gasteiger partial charge < -0.3 is 15.1 Å². The van der Waals surface area contributed by atoms with Gasteiger partial charge in [0, 0.05) is 11.9 Å². The standard InChI is InChI=1S/C23H21FN6O3S2/c24-14-6-1-2-8-17(14)30-20(18-9-5-11-33-18)28-29-23(30)35-13-19-26-16(12-34-19)22(32)27-15-7-3-4-10-25-21(15)31/h1-2,5-6,8-9,11-12,15H,3-4,7,10,13H2,(H,25,31)(H,27,32). The van der Waals surface area contributed by atoms with Crippen LogP contribution in [0.3, 0.4) is 0 Å². The van der Waals surface area contributed by atoms with Gasteiger partial charge in [-0.2, -0.15) is 0 Å². The molecule has 0 spiro atoms. The number of nitrogens with zero attached hydrogens (tertiary/aromatic N) is 4. The lowest BCUT2D eigenvalue weighted by Gasteiger charge is -2.14. The summed E-state index contributed by atoms with van der Waals surface area (Å²) in [7, 11) is 0. The average Bonchev–Trinajstić information content (AvgIpc) is 3.60. The predicted molar refractivity (Wildman–Crippen MR) is 129 cm³/mol. The minimum Gasteiger partial charge on any atom is -0.461 e. The Balaban J connectivity index is 1.32. The Morgan fingerprint density at radius 1 is 1.26 bits per heavy atom. The van der Waals surface area contributed by atoms with Crippen LogP contribution in [0.4, 0.5) is 4.39 Å². The van der Waals surface area contributed by atoms with Crippen LogP contribution in [0.1, 0.15) is 34.8 Å². The molecule has 1 saturated heterocycles. The van der Waals surface area contributed by atoms with Gasteiger partial charge in [-0.25, -0.2) is 9.37 Å². The molecule has 3 aromatic heterocycles. The lowest BCUT2D eigenvalue weighted by atomic mass is 10.1. The topological polar surface area (TPSA) is 115 Å². The Labute approximate surface area is 208 Å². The van der Waals surface area contributed by atoms with Gasteiger partial charge in [0.2, 0.25) is 11.7 Å². The third-order valence-electron chi connectivity index (χ3n) is 5.42. The van der Waals surface area contributed by atoms with Crippen LogP contribution in [0, 0.1) is 5.82 Å². The number of hydrogen-bond acceptors (Lipinski definition) is 8. The van der Waals surface area contributed by atoms with Crippen LogP contribution in [0.5, 0.6) is 0 Å². The molecule has 4 aromatic rings. The Kier molecular flexibility index (Phi) is 6.91. The fourth-order valence-corrected chi connectivity index (χ4v) is 5.43. The number of furan rings is 1.